The zero-order valence-electron chi connectivity index (χ0n) is 10.4. The largest absolute Gasteiger partial charge is 0.459 e. The Morgan fingerprint density at radius 1 is 1.47 bits per heavy atom. The maximum atomic E-state index is 11.3. The highest BCUT2D eigenvalue weighted by atomic mass is 16.5. The van der Waals surface area contributed by atoms with E-state index in [1.54, 1.807) is 6.92 Å². The molecule has 0 spiro atoms. The van der Waals surface area contributed by atoms with Gasteiger partial charge in [-0.05, 0) is 13.5 Å². The molecular formula is C11H20N2O4. The standard InChI is InChI=1S/C11H20N2O4/c1-3-13-5-6-17-9(8-13)7-12-10(14)11(15)16-4-2/h9H,3-8H2,1-2H3,(H,12,14). The number of hydrogen-bond donors (Lipinski definition) is 1. The lowest BCUT2D eigenvalue weighted by atomic mass is 10.2. The minimum atomic E-state index is -0.837. The minimum Gasteiger partial charge on any atom is -0.459 e. The summed E-state index contributed by atoms with van der Waals surface area (Å²) in [7, 11) is 0. The van der Waals surface area contributed by atoms with Gasteiger partial charge in [0.05, 0.1) is 19.3 Å². The van der Waals surface area contributed by atoms with E-state index in [2.05, 4.69) is 21.9 Å². The maximum Gasteiger partial charge on any atom is 0.396 e. The molecular weight excluding hydrogens is 224 g/mol. The second kappa shape index (κ2) is 7.24. The number of morpholine rings is 1. The first-order valence-electron chi connectivity index (χ1n) is 5.96. The van der Waals surface area contributed by atoms with Crippen LogP contribution in [0, 0.1) is 0 Å². The maximum absolute atomic E-state index is 11.3. The first kappa shape index (κ1) is 13.9. The lowest BCUT2D eigenvalue weighted by Gasteiger charge is -2.31. The van der Waals surface area contributed by atoms with Crippen molar-refractivity contribution in [2.45, 2.75) is 20.0 Å². The molecule has 6 nitrogen and oxygen atoms in total. The molecule has 6 heteroatoms. The number of carbonyl (C=O) groups is 2. The van der Waals surface area contributed by atoms with Crippen molar-refractivity contribution >= 4 is 11.9 Å². The summed E-state index contributed by atoms with van der Waals surface area (Å²) in [5, 5.41) is 2.52. The third-order valence-corrected chi connectivity index (χ3v) is 2.62. The van der Waals surface area contributed by atoms with Crippen molar-refractivity contribution in [2.75, 3.05) is 39.4 Å². The van der Waals surface area contributed by atoms with Gasteiger partial charge in [-0.2, -0.15) is 0 Å². The van der Waals surface area contributed by atoms with Gasteiger partial charge in [0, 0.05) is 19.6 Å². The highest BCUT2D eigenvalue weighted by Crippen LogP contribution is 2.03. The number of esters is 1. The predicted octanol–water partition coefficient (Wildman–Crippen LogP) is -0.614. The highest BCUT2D eigenvalue weighted by Gasteiger charge is 2.21. The van der Waals surface area contributed by atoms with Gasteiger partial charge in [-0.15, -0.1) is 0 Å². The number of nitrogens with one attached hydrogen (secondary N) is 1. The molecule has 1 atom stereocenters. The summed E-state index contributed by atoms with van der Waals surface area (Å²) in [4.78, 5) is 24.6. The van der Waals surface area contributed by atoms with Crippen LogP contribution in [0.2, 0.25) is 0 Å². The fourth-order valence-electron chi connectivity index (χ4n) is 1.67. The van der Waals surface area contributed by atoms with Crippen LogP contribution in [-0.2, 0) is 19.1 Å². The van der Waals surface area contributed by atoms with E-state index in [0.29, 0.717) is 13.2 Å². The van der Waals surface area contributed by atoms with E-state index in [9.17, 15) is 9.59 Å². The lowest BCUT2D eigenvalue weighted by molar-refractivity contribution is -0.154. The van der Waals surface area contributed by atoms with Gasteiger partial charge in [-0.25, -0.2) is 4.79 Å². The Kier molecular flexibility index (Phi) is 5.93. The van der Waals surface area contributed by atoms with Gasteiger partial charge in [0.2, 0.25) is 0 Å². The van der Waals surface area contributed by atoms with Gasteiger partial charge in [0.15, 0.2) is 0 Å². The van der Waals surface area contributed by atoms with Crippen LogP contribution in [0.25, 0.3) is 0 Å². The van der Waals surface area contributed by atoms with Crippen molar-refractivity contribution in [3.63, 3.8) is 0 Å². The van der Waals surface area contributed by atoms with Gasteiger partial charge in [0.25, 0.3) is 0 Å². The number of amides is 1. The number of carbonyl (C=O) groups excluding carboxylic acids is 2. The third-order valence-electron chi connectivity index (χ3n) is 2.62. The molecule has 0 aromatic rings. The van der Waals surface area contributed by atoms with Crippen molar-refractivity contribution in [1.29, 1.82) is 0 Å². The normalized spacial score (nSPS) is 20.9. The number of ether oxygens (including phenoxy) is 2. The quantitative estimate of drug-likeness (QED) is 0.527. The average Bonchev–Trinajstić information content (AvgIpc) is 2.36. The molecule has 0 radical (unpaired) electrons. The van der Waals surface area contributed by atoms with Crippen LogP contribution >= 0.6 is 0 Å². The Labute approximate surface area is 101 Å². The molecule has 0 aliphatic carbocycles. The molecule has 1 aliphatic rings. The smallest absolute Gasteiger partial charge is 0.396 e. The first-order valence-corrected chi connectivity index (χ1v) is 5.96. The third kappa shape index (κ3) is 4.70. The van der Waals surface area contributed by atoms with Gasteiger partial charge in [-0.1, -0.05) is 6.92 Å². The monoisotopic (exact) mass is 244 g/mol. The molecule has 1 amide bonds. The highest BCUT2D eigenvalue weighted by molar-refractivity contribution is 6.32. The predicted molar refractivity (Wildman–Crippen MR) is 61.5 cm³/mol. The molecule has 0 aromatic heterocycles. The van der Waals surface area contributed by atoms with Gasteiger partial charge in [-0.3, -0.25) is 9.69 Å². The van der Waals surface area contributed by atoms with Crippen molar-refractivity contribution in [2.24, 2.45) is 0 Å². The van der Waals surface area contributed by atoms with Gasteiger partial charge < -0.3 is 14.8 Å². The van der Waals surface area contributed by atoms with E-state index < -0.39 is 11.9 Å². The number of likely N-dealkylation sites (N-methyl/N-ethyl adjacent to an activating group) is 1. The van der Waals surface area contributed by atoms with Crippen molar-refractivity contribution in [3.8, 4) is 0 Å². The number of hydrogen-bond acceptors (Lipinski definition) is 5. The van der Waals surface area contributed by atoms with E-state index in [-0.39, 0.29) is 12.7 Å². The van der Waals surface area contributed by atoms with Gasteiger partial charge >= 0.3 is 11.9 Å². The molecule has 1 saturated heterocycles. The van der Waals surface area contributed by atoms with E-state index in [0.717, 1.165) is 19.6 Å². The zero-order chi connectivity index (χ0) is 12.7. The van der Waals surface area contributed by atoms with E-state index in [1.807, 2.05) is 0 Å². The Hall–Kier alpha value is -1.14. The molecule has 0 bridgehead atoms. The first-order chi connectivity index (χ1) is 8.17. The summed E-state index contributed by atoms with van der Waals surface area (Å²) in [5.41, 5.74) is 0. The summed E-state index contributed by atoms with van der Waals surface area (Å²) < 4.78 is 10.1. The van der Waals surface area contributed by atoms with Crippen LogP contribution in [0.4, 0.5) is 0 Å². The molecule has 0 saturated carbocycles. The summed E-state index contributed by atoms with van der Waals surface area (Å²) >= 11 is 0. The minimum absolute atomic E-state index is 0.0536. The second-order valence-electron chi connectivity index (χ2n) is 3.82. The fraction of sp³-hybridized carbons (Fsp3) is 0.818. The molecule has 1 N–H and O–H groups in total. The van der Waals surface area contributed by atoms with Gasteiger partial charge in [0.1, 0.15) is 0 Å². The summed E-state index contributed by atoms with van der Waals surface area (Å²) in [6.07, 6.45) is -0.0536. The van der Waals surface area contributed by atoms with Crippen LogP contribution in [0.5, 0.6) is 0 Å². The van der Waals surface area contributed by atoms with Crippen LogP contribution in [0.3, 0.4) is 0 Å². The molecule has 0 aromatic carbocycles. The molecule has 1 aliphatic heterocycles. The van der Waals surface area contributed by atoms with Crippen LogP contribution in [0.15, 0.2) is 0 Å². The zero-order valence-corrected chi connectivity index (χ0v) is 10.4. The number of nitrogens with zero attached hydrogens (tertiary/aromatic N) is 1. The average molecular weight is 244 g/mol. The summed E-state index contributed by atoms with van der Waals surface area (Å²) in [6, 6.07) is 0. The Morgan fingerprint density at radius 3 is 2.88 bits per heavy atom. The molecule has 98 valence electrons. The summed E-state index contributed by atoms with van der Waals surface area (Å²) in [6.45, 7) is 7.61. The second-order valence-corrected chi connectivity index (χ2v) is 3.82. The number of rotatable bonds is 4. The van der Waals surface area contributed by atoms with E-state index in [1.165, 1.54) is 0 Å². The van der Waals surface area contributed by atoms with Crippen LogP contribution in [-0.4, -0.2) is 62.3 Å². The Morgan fingerprint density at radius 2 is 2.24 bits per heavy atom. The summed E-state index contributed by atoms with van der Waals surface area (Å²) in [5.74, 6) is -1.54. The van der Waals surface area contributed by atoms with Crippen molar-refractivity contribution in [3.05, 3.63) is 0 Å². The van der Waals surface area contributed by atoms with Crippen molar-refractivity contribution < 1.29 is 19.1 Å². The molecule has 1 rings (SSSR count). The SMILES string of the molecule is CCOC(=O)C(=O)NCC1CN(CC)CCO1. The topological polar surface area (TPSA) is 67.9 Å². The van der Waals surface area contributed by atoms with E-state index in [4.69, 9.17) is 4.74 Å². The Bertz CT molecular complexity index is 270. The molecule has 1 fully saturated rings. The Balaban J connectivity index is 2.25. The van der Waals surface area contributed by atoms with Crippen molar-refractivity contribution in [1.82, 2.24) is 10.2 Å². The molecule has 1 unspecified atom stereocenters. The van der Waals surface area contributed by atoms with Crippen LogP contribution < -0.4 is 5.32 Å². The van der Waals surface area contributed by atoms with E-state index >= 15 is 0 Å². The molecule has 1 heterocycles. The lowest BCUT2D eigenvalue weighted by Crippen LogP contribution is -2.48. The fourth-order valence-corrected chi connectivity index (χ4v) is 1.67. The molecule has 17 heavy (non-hydrogen) atoms. The van der Waals surface area contributed by atoms with Crippen LogP contribution in [0.1, 0.15) is 13.8 Å².